The van der Waals surface area contributed by atoms with Crippen LogP contribution in [-0.4, -0.2) is 0 Å². The summed E-state index contributed by atoms with van der Waals surface area (Å²) in [6, 6.07) is 29.1. The van der Waals surface area contributed by atoms with Crippen molar-refractivity contribution in [3.8, 4) is 0 Å². The fraction of sp³-hybridized carbons (Fsp3) is 0. The summed E-state index contributed by atoms with van der Waals surface area (Å²) >= 11 is 0. The molecule has 4 nitrogen and oxygen atoms in total. The van der Waals surface area contributed by atoms with Gasteiger partial charge in [0.25, 0.3) is 0 Å². The minimum atomic E-state index is -2.78. The van der Waals surface area contributed by atoms with Crippen LogP contribution >= 0.6 is 7.14 Å². The quantitative estimate of drug-likeness (QED) is 0.368. The van der Waals surface area contributed by atoms with E-state index in [0.717, 1.165) is 15.9 Å². The third kappa shape index (κ3) is 7.05. The molecule has 3 rings (SSSR count). The van der Waals surface area contributed by atoms with E-state index in [1.807, 2.05) is 91.0 Å². The van der Waals surface area contributed by atoms with E-state index in [4.69, 9.17) is 14.0 Å². The zero-order valence-electron chi connectivity index (χ0n) is 14.1. The number of hydrogen-bond donors (Lipinski definition) is 0. The van der Waals surface area contributed by atoms with Gasteiger partial charge in [-0.1, -0.05) is 91.0 Å². The first kappa shape index (κ1) is 26.9. The Morgan fingerprint density at radius 1 is 0.481 bits per heavy atom. The molecule has 0 saturated carbocycles. The van der Waals surface area contributed by atoms with Gasteiger partial charge in [0.05, 0.1) is 0 Å². The van der Waals surface area contributed by atoms with Crippen molar-refractivity contribution >= 4 is 23.1 Å². The van der Waals surface area contributed by atoms with Gasteiger partial charge < -0.3 is 4.57 Å². The molecule has 0 aliphatic carbocycles. The maximum absolute atomic E-state index is 13.8. The molecule has 0 radical (unpaired) electrons. The van der Waals surface area contributed by atoms with Gasteiger partial charge >= 0.3 is 33.9 Å². The van der Waals surface area contributed by atoms with Crippen LogP contribution in [0.25, 0.3) is 0 Å². The van der Waals surface area contributed by atoms with Crippen molar-refractivity contribution in [1.82, 2.24) is 0 Å². The van der Waals surface area contributed by atoms with Crippen LogP contribution in [0.5, 0.6) is 0 Å². The molecule has 134 valence electrons. The van der Waals surface area contributed by atoms with Crippen molar-refractivity contribution in [1.29, 1.82) is 0 Å². The molecule has 0 fully saturated rings. The molecule has 0 N–H and O–H groups in total. The molecule has 3 aromatic carbocycles. The minimum absolute atomic E-state index is 0. The number of benzene rings is 3. The predicted octanol–water partition coefficient (Wildman–Crippen LogP) is 3.21. The van der Waals surface area contributed by atoms with Crippen molar-refractivity contribution in [3.05, 3.63) is 111 Å². The van der Waals surface area contributed by atoms with Crippen molar-refractivity contribution in [3.63, 3.8) is 0 Å². The van der Waals surface area contributed by atoms with Gasteiger partial charge in [-0.05, 0) is 0 Å². The minimum Gasteiger partial charge on any atom is 0 e. The zero-order chi connectivity index (χ0) is 19.8. The van der Waals surface area contributed by atoms with Crippen molar-refractivity contribution < 1.29 is 35.9 Å². The van der Waals surface area contributed by atoms with Crippen LogP contribution in [0.1, 0.15) is 0 Å². The molecule has 0 spiro atoms. The molecular formula is C21H15CrO4P. The average Bonchev–Trinajstić information content (AvgIpc) is 2.79. The van der Waals surface area contributed by atoms with Gasteiger partial charge in [0, 0.05) is 33.3 Å². The molecule has 6 heteroatoms. The topological polar surface area (TPSA) is 76.8 Å². The van der Waals surface area contributed by atoms with E-state index in [-0.39, 0.29) is 17.4 Å². The smallest absolute Gasteiger partial charge is 0 e. The Kier molecular flexibility index (Phi) is 15.8. The van der Waals surface area contributed by atoms with E-state index in [1.165, 1.54) is 0 Å². The first-order valence-corrected chi connectivity index (χ1v) is 8.90. The summed E-state index contributed by atoms with van der Waals surface area (Å²) in [5, 5.41) is 2.62. The van der Waals surface area contributed by atoms with Gasteiger partial charge in [-0.2, -0.15) is 0 Å². The Bertz CT molecular complexity index is 743. The van der Waals surface area contributed by atoms with E-state index in [1.54, 1.807) is 0 Å². The molecule has 0 bridgehead atoms. The van der Waals surface area contributed by atoms with Crippen LogP contribution in [0.2, 0.25) is 0 Å². The second kappa shape index (κ2) is 15.9. The molecular weight excluding hydrogens is 399 g/mol. The zero-order valence-corrected chi connectivity index (χ0v) is 16.3. The van der Waals surface area contributed by atoms with Crippen LogP contribution in [0.4, 0.5) is 0 Å². The normalized spacial score (nSPS) is 8.52. The first-order chi connectivity index (χ1) is 12.8. The Labute approximate surface area is 169 Å². The fourth-order valence-corrected chi connectivity index (χ4v) is 5.03. The third-order valence-corrected chi connectivity index (χ3v) is 6.44. The molecule has 0 aromatic heterocycles. The molecule has 0 saturated heterocycles. The van der Waals surface area contributed by atoms with Crippen molar-refractivity contribution in [2.75, 3.05) is 0 Å². The van der Waals surface area contributed by atoms with Gasteiger partial charge in [-0.15, -0.1) is 0 Å². The molecule has 0 unspecified atom stereocenters. The number of hydrogen-bond acceptors (Lipinski definition) is 1. The first-order valence-electron chi connectivity index (χ1n) is 7.20. The van der Waals surface area contributed by atoms with E-state index in [0.29, 0.717) is 0 Å². The molecule has 0 aliphatic heterocycles. The Balaban J connectivity index is 0. The van der Waals surface area contributed by atoms with Crippen LogP contribution < -0.4 is 15.9 Å². The van der Waals surface area contributed by atoms with E-state index in [2.05, 4.69) is 20.0 Å². The van der Waals surface area contributed by atoms with Gasteiger partial charge in [-0.3, -0.25) is 0 Å². The van der Waals surface area contributed by atoms with Gasteiger partial charge in [0.15, 0.2) is 7.14 Å². The summed E-state index contributed by atoms with van der Waals surface area (Å²) < 4.78 is 36.3. The third-order valence-electron chi connectivity index (χ3n) is 3.36. The molecule has 0 aliphatic rings. The van der Waals surface area contributed by atoms with Crippen molar-refractivity contribution in [2.45, 2.75) is 0 Å². The number of rotatable bonds is 3. The molecule has 0 atom stereocenters. The van der Waals surface area contributed by atoms with Gasteiger partial charge in [0.2, 0.25) is 0 Å². The largest absolute Gasteiger partial charge is 0 e. The summed E-state index contributed by atoms with van der Waals surface area (Å²) in [5.74, 6) is 0. The Morgan fingerprint density at radius 2 is 0.667 bits per heavy atom. The van der Waals surface area contributed by atoms with Crippen molar-refractivity contribution in [2.24, 2.45) is 0 Å². The van der Waals surface area contributed by atoms with Crippen LogP contribution in [0.15, 0.2) is 91.0 Å². The maximum Gasteiger partial charge on any atom is 0 e. The second-order valence-corrected chi connectivity index (χ2v) is 7.38. The van der Waals surface area contributed by atoms with Crippen LogP contribution in [0, 0.1) is 20.0 Å². The SMILES string of the molecule is O=P(c1ccccc1)(c1ccccc1)c1ccccc1.[C-]#[O+].[C-]#[O+].[C-]#[O+].[Cr]. The van der Waals surface area contributed by atoms with Crippen LogP contribution in [0.3, 0.4) is 0 Å². The summed E-state index contributed by atoms with van der Waals surface area (Å²) in [7, 11) is -2.78. The van der Waals surface area contributed by atoms with Gasteiger partial charge in [-0.25, -0.2) is 0 Å². The van der Waals surface area contributed by atoms with E-state index < -0.39 is 7.14 Å². The standard InChI is InChI=1S/C18H15OP.3CO.Cr/c19-20(16-10-4-1-5-11-16,17-12-6-2-7-13-17)18-14-8-3-9-15-18;3*1-2;/h1-15H;;;;. The van der Waals surface area contributed by atoms with E-state index >= 15 is 0 Å². The Morgan fingerprint density at radius 3 is 0.852 bits per heavy atom. The monoisotopic (exact) mass is 414 g/mol. The Hall–Kier alpha value is -2.36. The summed E-state index contributed by atoms with van der Waals surface area (Å²) in [5.41, 5.74) is 0. The predicted molar refractivity (Wildman–Crippen MR) is 97.6 cm³/mol. The average molecular weight is 414 g/mol. The summed E-state index contributed by atoms with van der Waals surface area (Å²) in [6.07, 6.45) is 0. The van der Waals surface area contributed by atoms with Crippen LogP contribution in [-0.2, 0) is 35.9 Å². The summed E-state index contributed by atoms with van der Waals surface area (Å²) in [6.45, 7) is 13.5. The fourth-order valence-electron chi connectivity index (χ4n) is 2.36. The molecule has 3 aromatic rings. The second-order valence-electron chi connectivity index (χ2n) is 4.62. The summed E-state index contributed by atoms with van der Waals surface area (Å²) in [4.78, 5) is 0. The van der Waals surface area contributed by atoms with E-state index in [9.17, 15) is 4.57 Å². The molecule has 0 amide bonds. The maximum atomic E-state index is 13.8. The molecule has 0 heterocycles. The molecule has 27 heavy (non-hydrogen) atoms. The van der Waals surface area contributed by atoms with Gasteiger partial charge in [0.1, 0.15) is 0 Å².